The van der Waals surface area contributed by atoms with E-state index >= 15 is 0 Å². The Morgan fingerprint density at radius 2 is 2.29 bits per heavy atom. The maximum Gasteiger partial charge on any atom is 0.386 e. The molecule has 1 atom stereocenters. The smallest absolute Gasteiger partial charge is 0.371 e. The minimum atomic E-state index is -3.18. The van der Waals surface area contributed by atoms with Crippen LogP contribution in [0.4, 0.5) is 11.5 Å². The zero-order valence-electron chi connectivity index (χ0n) is 8.61. The Balaban J connectivity index is 2.21. The molecule has 1 aromatic rings. The fourth-order valence-electron chi connectivity index (χ4n) is 1.52. The molecule has 2 heterocycles. The first-order valence-corrected chi connectivity index (χ1v) is 6.46. The number of rotatable bonds is 3. The molecule has 0 bridgehead atoms. The van der Waals surface area contributed by atoms with Gasteiger partial charge in [-0.1, -0.05) is 6.08 Å². The molecule has 1 N–H and O–H groups in total. The van der Waals surface area contributed by atoms with E-state index in [2.05, 4.69) is 10.3 Å². The van der Waals surface area contributed by atoms with Gasteiger partial charge < -0.3 is 15.4 Å². The summed E-state index contributed by atoms with van der Waals surface area (Å²) in [6.07, 6.45) is 2.77. The zero-order chi connectivity index (χ0) is 12.5. The summed E-state index contributed by atoms with van der Waals surface area (Å²) < 4.78 is 22.3. The minimum absolute atomic E-state index is 0.0982. The highest BCUT2D eigenvalue weighted by molar-refractivity contribution is 7.94. The number of nitrogens with one attached hydrogen (secondary N) is 1. The van der Waals surface area contributed by atoms with Crippen molar-refractivity contribution >= 4 is 21.3 Å². The van der Waals surface area contributed by atoms with Crippen LogP contribution < -0.4 is 5.32 Å². The van der Waals surface area contributed by atoms with E-state index in [4.69, 9.17) is 0 Å². The van der Waals surface area contributed by atoms with Crippen molar-refractivity contribution in [3.8, 4) is 0 Å². The van der Waals surface area contributed by atoms with Gasteiger partial charge >= 0.3 is 5.82 Å². The maximum atomic E-state index is 11.2. The Bertz CT molecular complexity index is 582. The van der Waals surface area contributed by atoms with Crippen LogP contribution in [0.25, 0.3) is 0 Å². The van der Waals surface area contributed by atoms with E-state index < -0.39 is 20.8 Å². The van der Waals surface area contributed by atoms with Gasteiger partial charge in [-0.25, -0.2) is 8.42 Å². The first-order valence-electron chi connectivity index (χ1n) is 4.75. The van der Waals surface area contributed by atoms with Gasteiger partial charge in [-0.05, 0) is 22.0 Å². The third-order valence-corrected chi connectivity index (χ3v) is 3.63. The Hall–Kier alpha value is -1.96. The van der Waals surface area contributed by atoms with Crippen molar-refractivity contribution in [2.24, 2.45) is 0 Å². The highest BCUT2D eigenvalue weighted by atomic mass is 32.2. The van der Waals surface area contributed by atoms with Crippen molar-refractivity contribution in [2.75, 3.05) is 11.1 Å². The second-order valence-electron chi connectivity index (χ2n) is 3.54. The van der Waals surface area contributed by atoms with Crippen molar-refractivity contribution in [1.82, 2.24) is 4.98 Å². The molecule has 0 fully saturated rings. The highest BCUT2D eigenvalue weighted by Gasteiger charge is 2.24. The Kier molecular flexibility index (Phi) is 2.80. The zero-order valence-corrected chi connectivity index (χ0v) is 9.42. The van der Waals surface area contributed by atoms with Gasteiger partial charge in [-0.15, -0.1) is 0 Å². The standard InChI is InChI=1S/C9H9N3O4S/c13-12(14)9-8(2-1-4-10-9)11-7-3-5-17(15,16)6-7/h1-5,7,11H,6H2. The van der Waals surface area contributed by atoms with Gasteiger partial charge in [0.25, 0.3) is 0 Å². The average Bonchev–Trinajstić information content (AvgIpc) is 2.58. The molecule has 0 aromatic carbocycles. The van der Waals surface area contributed by atoms with Crippen LogP contribution in [-0.2, 0) is 9.84 Å². The van der Waals surface area contributed by atoms with Crippen molar-refractivity contribution in [3.63, 3.8) is 0 Å². The number of hydrogen-bond donors (Lipinski definition) is 1. The third kappa shape index (κ3) is 2.59. The number of sulfone groups is 1. The largest absolute Gasteiger partial charge is 0.386 e. The summed E-state index contributed by atoms with van der Waals surface area (Å²) in [4.78, 5) is 13.7. The first kappa shape index (κ1) is 11.5. The summed E-state index contributed by atoms with van der Waals surface area (Å²) in [5, 5.41) is 14.6. The SMILES string of the molecule is O=[N+]([O-])c1ncccc1NC1C=CS(=O)(=O)C1. The normalized spacial score (nSPS) is 21.3. The molecule has 8 heteroatoms. The molecule has 0 aliphatic carbocycles. The molecule has 7 nitrogen and oxygen atoms in total. The molecule has 17 heavy (non-hydrogen) atoms. The fraction of sp³-hybridized carbons (Fsp3) is 0.222. The summed E-state index contributed by atoms with van der Waals surface area (Å²) in [5.74, 6) is -0.413. The van der Waals surface area contributed by atoms with Crippen molar-refractivity contribution in [2.45, 2.75) is 6.04 Å². The van der Waals surface area contributed by atoms with Crippen LogP contribution in [0, 0.1) is 10.1 Å². The minimum Gasteiger partial charge on any atom is -0.371 e. The van der Waals surface area contributed by atoms with Crippen LogP contribution >= 0.6 is 0 Å². The molecule has 90 valence electrons. The number of hydrogen-bond acceptors (Lipinski definition) is 6. The van der Waals surface area contributed by atoms with Gasteiger partial charge in [-0.2, -0.15) is 0 Å². The molecule has 0 saturated heterocycles. The van der Waals surface area contributed by atoms with Gasteiger partial charge in [0.05, 0.1) is 11.8 Å². The van der Waals surface area contributed by atoms with Gasteiger partial charge in [0.1, 0.15) is 11.9 Å². The van der Waals surface area contributed by atoms with E-state index in [1.807, 2.05) is 0 Å². The number of nitrogens with zero attached hydrogens (tertiary/aromatic N) is 2. The van der Waals surface area contributed by atoms with E-state index in [1.54, 1.807) is 6.07 Å². The van der Waals surface area contributed by atoms with E-state index in [0.717, 1.165) is 5.41 Å². The average molecular weight is 255 g/mol. The molecule has 1 unspecified atom stereocenters. The molecular weight excluding hydrogens is 246 g/mol. The van der Waals surface area contributed by atoms with Crippen LogP contribution in [0.1, 0.15) is 0 Å². The third-order valence-electron chi connectivity index (χ3n) is 2.23. The van der Waals surface area contributed by atoms with Crippen molar-refractivity contribution in [1.29, 1.82) is 0 Å². The van der Waals surface area contributed by atoms with Crippen LogP contribution in [-0.4, -0.2) is 30.1 Å². The molecule has 1 aliphatic heterocycles. The lowest BCUT2D eigenvalue weighted by molar-refractivity contribution is -0.388. The molecule has 0 radical (unpaired) electrons. The summed E-state index contributed by atoms with van der Waals surface area (Å²) >= 11 is 0. The maximum absolute atomic E-state index is 11.2. The Labute approximate surface area is 97.2 Å². The lowest BCUT2D eigenvalue weighted by Gasteiger charge is -2.10. The second kappa shape index (κ2) is 4.13. The molecule has 2 rings (SSSR count). The molecule has 0 amide bonds. The summed E-state index contributed by atoms with van der Waals surface area (Å²) in [5.41, 5.74) is 0.212. The second-order valence-corrected chi connectivity index (χ2v) is 5.47. The van der Waals surface area contributed by atoms with E-state index in [1.165, 1.54) is 18.3 Å². The highest BCUT2D eigenvalue weighted by Crippen LogP contribution is 2.22. The summed E-state index contributed by atoms with van der Waals surface area (Å²) in [6.45, 7) is 0. The molecule has 0 saturated carbocycles. The van der Waals surface area contributed by atoms with E-state index in [9.17, 15) is 18.5 Å². The number of pyridine rings is 1. The molecule has 1 aromatic heterocycles. The quantitative estimate of drug-likeness (QED) is 0.630. The first-order chi connectivity index (χ1) is 7.98. The van der Waals surface area contributed by atoms with E-state index in [0.29, 0.717) is 0 Å². The summed E-state index contributed by atoms with van der Waals surface area (Å²) in [7, 11) is -3.18. The number of aromatic nitrogens is 1. The summed E-state index contributed by atoms with van der Waals surface area (Å²) in [6, 6.07) is 2.58. The predicted octanol–water partition coefficient (Wildman–Crippen LogP) is 0.712. The van der Waals surface area contributed by atoms with Gasteiger partial charge in [0.15, 0.2) is 9.84 Å². The Morgan fingerprint density at radius 1 is 1.53 bits per heavy atom. The topological polar surface area (TPSA) is 102 Å². The van der Waals surface area contributed by atoms with Crippen molar-refractivity contribution in [3.05, 3.63) is 39.9 Å². The molecule has 0 spiro atoms. The fourth-order valence-corrected chi connectivity index (χ4v) is 2.76. The molecular formula is C9H9N3O4S. The van der Waals surface area contributed by atoms with Crippen molar-refractivity contribution < 1.29 is 13.3 Å². The van der Waals surface area contributed by atoms with E-state index in [-0.39, 0.29) is 17.3 Å². The van der Waals surface area contributed by atoms with Gasteiger partial charge in [0.2, 0.25) is 0 Å². The lowest BCUT2D eigenvalue weighted by Crippen LogP contribution is -2.21. The van der Waals surface area contributed by atoms with Gasteiger partial charge in [0, 0.05) is 5.41 Å². The molecule has 1 aliphatic rings. The monoisotopic (exact) mass is 255 g/mol. The van der Waals surface area contributed by atoms with Crippen LogP contribution in [0.2, 0.25) is 0 Å². The lowest BCUT2D eigenvalue weighted by atomic mass is 10.3. The Morgan fingerprint density at radius 3 is 2.88 bits per heavy atom. The van der Waals surface area contributed by atoms with Crippen LogP contribution in [0.5, 0.6) is 0 Å². The van der Waals surface area contributed by atoms with Crippen LogP contribution in [0.15, 0.2) is 29.8 Å². The predicted molar refractivity (Wildman–Crippen MR) is 61.2 cm³/mol. The number of anilines is 1. The van der Waals surface area contributed by atoms with Gasteiger partial charge in [-0.3, -0.25) is 0 Å². The number of nitro groups is 1. The van der Waals surface area contributed by atoms with Crippen LogP contribution in [0.3, 0.4) is 0 Å².